The fraction of sp³-hybridized carbons (Fsp3) is 0.290. The summed E-state index contributed by atoms with van der Waals surface area (Å²) in [4.78, 5) is 25.5. The molecule has 230 valence electrons. The highest BCUT2D eigenvalue weighted by atomic mass is 19.1. The lowest BCUT2D eigenvalue weighted by molar-refractivity contribution is 0.0519. The van der Waals surface area contributed by atoms with Crippen LogP contribution in [0, 0.1) is 5.82 Å². The first-order valence-electron chi connectivity index (χ1n) is 14.2. The lowest BCUT2D eigenvalue weighted by atomic mass is 10.2. The van der Waals surface area contributed by atoms with Crippen molar-refractivity contribution in [3.8, 4) is 11.5 Å². The van der Waals surface area contributed by atoms with Crippen LogP contribution in [0.3, 0.4) is 0 Å². The SMILES string of the molecule is O=C(NCCOCCOCCNc1nc(NCc2ccc(F)cc2)nc(NCc2ccc3c(c2)OCO3)n1)c1ccccc1. The van der Waals surface area contributed by atoms with Crippen molar-refractivity contribution in [1.82, 2.24) is 20.3 Å². The molecule has 4 aromatic rings. The molecule has 0 saturated carbocycles. The number of nitrogens with zero attached hydrogens (tertiary/aromatic N) is 3. The molecule has 0 saturated heterocycles. The summed E-state index contributed by atoms with van der Waals surface area (Å²) in [6, 6.07) is 21.0. The summed E-state index contributed by atoms with van der Waals surface area (Å²) in [6.45, 7) is 3.53. The second-order valence-electron chi connectivity index (χ2n) is 9.60. The average Bonchev–Trinajstić information content (AvgIpc) is 3.53. The van der Waals surface area contributed by atoms with E-state index in [2.05, 4.69) is 36.2 Å². The molecule has 0 aliphatic carbocycles. The van der Waals surface area contributed by atoms with Gasteiger partial charge in [0.1, 0.15) is 5.82 Å². The minimum atomic E-state index is -0.295. The van der Waals surface area contributed by atoms with Crippen molar-refractivity contribution in [3.63, 3.8) is 0 Å². The zero-order valence-electron chi connectivity index (χ0n) is 24.1. The molecule has 1 aromatic heterocycles. The van der Waals surface area contributed by atoms with Crippen LogP contribution in [0.2, 0.25) is 0 Å². The van der Waals surface area contributed by atoms with Gasteiger partial charge in [0.15, 0.2) is 11.5 Å². The Morgan fingerprint density at radius 2 is 1.32 bits per heavy atom. The van der Waals surface area contributed by atoms with E-state index in [4.69, 9.17) is 18.9 Å². The van der Waals surface area contributed by atoms with Crippen LogP contribution in [-0.4, -0.2) is 67.2 Å². The Labute approximate surface area is 254 Å². The van der Waals surface area contributed by atoms with Gasteiger partial charge in [-0.2, -0.15) is 15.0 Å². The summed E-state index contributed by atoms with van der Waals surface area (Å²) in [5, 5.41) is 12.4. The monoisotopic (exact) mass is 603 g/mol. The van der Waals surface area contributed by atoms with Crippen molar-refractivity contribution < 1.29 is 28.1 Å². The van der Waals surface area contributed by atoms with Crippen molar-refractivity contribution in [2.45, 2.75) is 13.1 Å². The van der Waals surface area contributed by atoms with Gasteiger partial charge >= 0.3 is 0 Å². The van der Waals surface area contributed by atoms with Crippen molar-refractivity contribution in [2.24, 2.45) is 0 Å². The number of fused-ring (bicyclic) bond motifs is 1. The standard InChI is InChI=1S/C31H34FN7O5/c32-25-9-6-22(7-10-25)19-35-30-37-29(38-31(39-30)36-20-23-8-11-26-27(18-23)44-21-43-26)34-13-15-42-17-16-41-14-12-33-28(40)24-4-2-1-3-5-24/h1-11,18H,12-17,19-21H2,(H,33,40)(H3,34,35,36,37,38,39). The molecule has 0 radical (unpaired) electrons. The van der Waals surface area contributed by atoms with Crippen LogP contribution in [0.15, 0.2) is 72.8 Å². The summed E-state index contributed by atoms with van der Waals surface area (Å²) in [5.41, 5.74) is 2.47. The van der Waals surface area contributed by atoms with E-state index in [-0.39, 0.29) is 18.5 Å². The zero-order chi connectivity index (χ0) is 30.4. The first kappa shape index (κ1) is 30.4. The van der Waals surface area contributed by atoms with Gasteiger partial charge in [-0.05, 0) is 47.5 Å². The number of rotatable bonds is 17. The van der Waals surface area contributed by atoms with E-state index in [1.165, 1.54) is 12.1 Å². The molecule has 0 spiro atoms. The third kappa shape index (κ3) is 9.51. The number of halogens is 1. The van der Waals surface area contributed by atoms with Gasteiger partial charge < -0.3 is 40.2 Å². The molecule has 4 N–H and O–H groups in total. The minimum absolute atomic E-state index is 0.130. The molecule has 44 heavy (non-hydrogen) atoms. The van der Waals surface area contributed by atoms with Crippen molar-refractivity contribution in [2.75, 3.05) is 62.3 Å². The summed E-state index contributed by atoms with van der Waals surface area (Å²) in [6.07, 6.45) is 0. The number of hydrogen-bond donors (Lipinski definition) is 4. The maximum Gasteiger partial charge on any atom is 0.251 e. The summed E-state index contributed by atoms with van der Waals surface area (Å²) in [5.74, 6) is 2.08. The summed E-state index contributed by atoms with van der Waals surface area (Å²) < 4.78 is 35.3. The quantitative estimate of drug-likeness (QED) is 0.131. The van der Waals surface area contributed by atoms with Gasteiger partial charge in [0.25, 0.3) is 5.91 Å². The number of ether oxygens (including phenoxy) is 4. The predicted octanol–water partition coefficient (Wildman–Crippen LogP) is 3.84. The topological polar surface area (TPSA) is 141 Å². The van der Waals surface area contributed by atoms with Crippen LogP contribution in [-0.2, 0) is 22.6 Å². The predicted molar refractivity (Wildman–Crippen MR) is 162 cm³/mol. The maximum atomic E-state index is 13.3. The van der Waals surface area contributed by atoms with Gasteiger partial charge in [0.05, 0.1) is 26.4 Å². The maximum absolute atomic E-state index is 13.3. The van der Waals surface area contributed by atoms with Crippen molar-refractivity contribution >= 4 is 23.8 Å². The molecule has 0 atom stereocenters. The number of aromatic nitrogens is 3. The molecule has 1 aliphatic heterocycles. The molecule has 1 amide bonds. The van der Waals surface area contributed by atoms with Crippen LogP contribution in [0.5, 0.6) is 11.5 Å². The van der Waals surface area contributed by atoms with E-state index in [9.17, 15) is 9.18 Å². The molecular weight excluding hydrogens is 569 g/mol. The smallest absolute Gasteiger partial charge is 0.251 e. The Hall–Kier alpha value is -5.01. The van der Waals surface area contributed by atoms with Crippen molar-refractivity contribution in [1.29, 1.82) is 0 Å². The minimum Gasteiger partial charge on any atom is -0.454 e. The third-order valence-corrected chi connectivity index (χ3v) is 6.36. The van der Waals surface area contributed by atoms with Gasteiger partial charge in [-0.25, -0.2) is 4.39 Å². The van der Waals surface area contributed by atoms with Crippen LogP contribution < -0.4 is 30.7 Å². The molecule has 0 bridgehead atoms. The van der Waals surface area contributed by atoms with Crippen LogP contribution in [0.1, 0.15) is 21.5 Å². The van der Waals surface area contributed by atoms with Crippen LogP contribution in [0.25, 0.3) is 0 Å². The second-order valence-corrected chi connectivity index (χ2v) is 9.60. The molecule has 3 aromatic carbocycles. The number of benzene rings is 3. The molecule has 2 heterocycles. The fourth-order valence-corrected chi connectivity index (χ4v) is 4.11. The average molecular weight is 604 g/mol. The zero-order valence-corrected chi connectivity index (χ0v) is 24.1. The van der Waals surface area contributed by atoms with E-state index in [0.717, 1.165) is 11.1 Å². The van der Waals surface area contributed by atoms with Gasteiger partial charge in [0, 0.05) is 31.7 Å². The molecule has 12 nitrogen and oxygen atoms in total. The second kappa shape index (κ2) is 16.0. The Kier molecular flexibility index (Phi) is 11.1. The van der Waals surface area contributed by atoms with Gasteiger partial charge in [0.2, 0.25) is 24.6 Å². The van der Waals surface area contributed by atoms with Gasteiger partial charge in [-0.3, -0.25) is 4.79 Å². The van der Waals surface area contributed by atoms with Crippen LogP contribution in [0.4, 0.5) is 22.2 Å². The number of nitrogens with one attached hydrogen (secondary N) is 4. The molecule has 1 aliphatic rings. The number of hydrogen-bond acceptors (Lipinski definition) is 11. The first-order valence-corrected chi connectivity index (χ1v) is 14.2. The number of anilines is 3. The van der Waals surface area contributed by atoms with Crippen molar-refractivity contribution in [3.05, 3.63) is 95.3 Å². The van der Waals surface area contributed by atoms with E-state index in [1.807, 2.05) is 36.4 Å². The first-order chi connectivity index (χ1) is 21.6. The lowest BCUT2D eigenvalue weighted by Gasteiger charge is -2.12. The highest BCUT2D eigenvalue weighted by Crippen LogP contribution is 2.32. The molecule has 0 fully saturated rings. The number of amides is 1. The lowest BCUT2D eigenvalue weighted by Crippen LogP contribution is -2.27. The Bertz CT molecular complexity index is 1490. The number of carbonyl (C=O) groups is 1. The van der Waals surface area contributed by atoms with E-state index >= 15 is 0 Å². The van der Waals surface area contributed by atoms with E-state index < -0.39 is 0 Å². The van der Waals surface area contributed by atoms with E-state index in [1.54, 1.807) is 24.3 Å². The highest BCUT2D eigenvalue weighted by Gasteiger charge is 2.14. The highest BCUT2D eigenvalue weighted by molar-refractivity contribution is 5.94. The Morgan fingerprint density at radius 1 is 0.705 bits per heavy atom. The molecule has 13 heteroatoms. The fourth-order valence-electron chi connectivity index (χ4n) is 4.11. The Morgan fingerprint density at radius 3 is 2.05 bits per heavy atom. The summed E-state index contributed by atoms with van der Waals surface area (Å²) in [7, 11) is 0. The summed E-state index contributed by atoms with van der Waals surface area (Å²) >= 11 is 0. The van der Waals surface area contributed by atoms with Gasteiger partial charge in [-0.15, -0.1) is 0 Å². The van der Waals surface area contributed by atoms with E-state index in [0.29, 0.717) is 87.5 Å². The molecular formula is C31H34FN7O5. The normalized spacial score (nSPS) is 11.7. The largest absolute Gasteiger partial charge is 0.454 e. The third-order valence-electron chi connectivity index (χ3n) is 6.36. The van der Waals surface area contributed by atoms with Crippen LogP contribution >= 0.6 is 0 Å². The molecule has 5 rings (SSSR count). The Balaban J connectivity index is 1.05. The van der Waals surface area contributed by atoms with Gasteiger partial charge in [-0.1, -0.05) is 36.4 Å². The molecule has 0 unspecified atom stereocenters. The number of carbonyl (C=O) groups excluding carboxylic acids is 1.